The minimum Gasteiger partial charge on any atom is -0.497 e. The van der Waals surface area contributed by atoms with E-state index in [0.29, 0.717) is 12.2 Å². The van der Waals surface area contributed by atoms with Crippen molar-refractivity contribution in [2.45, 2.75) is 11.3 Å². The molecule has 0 aliphatic rings. The lowest BCUT2D eigenvalue weighted by molar-refractivity contribution is 0.300. The molecule has 130 valence electrons. The number of rotatable bonds is 6. The van der Waals surface area contributed by atoms with E-state index >= 15 is 0 Å². The van der Waals surface area contributed by atoms with Crippen LogP contribution in [-0.2, 0) is 16.4 Å². The van der Waals surface area contributed by atoms with Crippen molar-refractivity contribution in [1.82, 2.24) is 3.97 Å². The lowest BCUT2D eigenvalue weighted by atomic mass is 10.0. The van der Waals surface area contributed by atoms with Gasteiger partial charge in [0, 0.05) is 24.6 Å². The first kappa shape index (κ1) is 17.3. The number of methoxy groups -OCH3 is 1. The lowest BCUT2D eigenvalue weighted by Crippen LogP contribution is -2.10. The van der Waals surface area contributed by atoms with Gasteiger partial charge in [-0.15, -0.1) is 0 Å². The van der Waals surface area contributed by atoms with Gasteiger partial charge in [0.1, 0.15) is 5.75 Å². The van der Waals surface area contributed by atoms with E-state index in [1.807, 2.05) is 30.3 Å². The van der Waals surface area contributed by atoms with Crippen LogP contribution in [0.25, 0.3) is 11.1 Å². The van der Waals surface area contributed by atoms with Crippen molar-refractivity contribution in [3.63, 3.8) is 0 Å². The van der Waals surface area contributed by atoms with Crippen LogP contribution in [0.15, 0.2) is 71.9 Å². The van der Waals surface area contributed by atoms with E-state index in [-0.39, 0.29) is 11.5 Å². The molecular formula is C19H19NO4S. The Morgan fingerprint density at radius 1 is 1.00 bits per heavy atom. The van der Waals surface area contributed by atoms with Gasteiger partial charge in [0.15, 0.2) is 0 Å². The molecule has 5 nitrogen and oxygen atoms in total. The first-order valence-corrected chi connectivity index (χ1v) is 9.27. The van der Waals surface area contributed by atoms with Crippen molar-refractivity contribution in [3.05, 3.63) is 72.6 Å². The first-order chi connectivity index (χ1) is 12.1. The quantitative estimate of drug-likeness (QED) is 0.736. The van der Waals surface area contributed by atoms with Crippen LogP contribution in [0.2, 0.25) is 0 Å². The average Bonchev–Trinajstić information content (AvgIpc) is 3.08. The number of hydrogen-bond donors (Lipinski definition) is 1. The monoisotopic (exact) mass is 357 g/mol. The molecule has 3 rings (SSSR count). The molecule has 0 fully saturated rings. The van der Waals surface area contributed by atoms with E-state index in [9.17, 15) is 13.5 Å². The van der Waals surface area contributed by atoms with Crippen LogP contribution in [-0.4, -0.2) is 31.2 Å². The number of aliphatic hydroxyl groups excluding tert-OH is 1. The van der Waals surface area contributed by atoms with Gasteiger partial charge in [-0.25, -0.2) is 12.4 Å². The molecule has 0 aliphatic heterocycles. The molecule has 1 aromatic heterocycles. The summed E-state index contributed by atoms with van der Waals surface area (Å²) in [7, 11) is -2.18. The summed E-state index contributed by atoms with van der Waals surface area (Å²) in [5.74, 6) is 0.595. The smallest absolute Gasteiger partial charge is 0.267 e. The largest absolute Gasteiger partial charge is 0.497 e. The SMILES string of the molecule is COc1ccc(S(=O)(=O)n2cc(CCO)c(-c3ccccc3)c2)cc1. The van der Waals surface area contributed by atoms with Crippen LogP contribution in [0.4, 0.5) is 0 Å². The maximum absolute atomic E-state index is 12.9. The second-order valence-corrected chi connectivity index (χ2v) is 7.39. The van der Waals surface area contributed by atoms with Crippen LogP contribution < -0.4 is 4.74 Å². The zero-order valence-electron chi connectivity index (χ0n) is 13.8. The summed E-state index contributed by atoms with van der Waals surface area (Å²) < 4.78 is 32.1. The molecule has 25 heavy (non-hydrogen) atoms. The van der Waals surface area contributed by atoms with E-state index < -0.39 is 10.0 Å². The van der Waals surface area contributed by atoms with Crippen LogP contribution >= 0.6 is 0 Å². The molecule has 0 saturated carbocycles. The number of benzene rings is 2. The molecule has 1 heterocycles. The van der Waals surface area contributed by atoms with Gasteiger partial charge >= 0.3 is 0 Å². The van der Waals surface area contributed by atoms with Gasteiger partial charge in [-0.2, -0.15) is 0 Å². The molecule has 1 N–H and O–H groups in total. The average molecular weight is 357 g/mol. The maximum atomic E-state index is 12.9. The summed E-state index contributed by atoms with van der Waals surface area (Å²) >= 11 is 0. The Labute approximate surface area is 147 Å². The normalized spacial score (nSPS) is 11.4. The van der Waals surface area contributed by atoms with Gasteiger partial charge in [-0.3, -0.25) is 0 Å². The molecule has 6 heteroatoms. The van der Waals surface area contributed by atoms with Gasteiger partial charge < -0.3 is 9.84 Å². The fourth-order valence-corrected chi connectivity index (χ4v) is 3.91. The molecule has 3 aromatic rings. The standard InChI is InChI=1S/C19H19NO4S/c1-24-17-7-9-18(10-8-17)25(22,23)20-13-16(11-12-21)19(14-20)15-5-3-2-4-6-15/h2-10,13-14,21H,11-12H2,1H3. The molecule has 0 unspecified atom stereocenters. The first-order valence-electron chi connectivity index (χ1n) is 7.83. The molecule has 0 radical (unpaired) electrons. The van der Waals surface area contributed by atoms with E-state index in [4.69, 9.17) is 4.74 Å². The lowest BCUT2D eigenvalue weighted by Gasteiger charge is -2.06. The molecule has 0 aliphatic carbocycles. The summed E-state index contributed by atoms with van der Waals surface area (Å²) in [5.41, 5.74) is 2.49. The Kier molecular flexibility index (Phi) is 4.92. The number of aromatic nitrogens is 1. The molecule has 0 amide bonds. The van der Waals surface area contributed by atoms with E-state index in [1.54, 1.807) is 24.5 Å². The summed E-state index contributed by atoms with van der Waals surface area (Å²) in [6.45, 7) is -0.0492. The minimum absolute atomic E-state index is 0.0492. The summed E-state index contributed by atoms with van der Waals surface area (Å²) in [5, 5.41) is 9.31. The Bertz CT molecular complexity index is 945. The highest BCUT2D eigenvalue weighted by Crippen LogP contribution is 2.28. The molecule has 0 atom stereocenters. The molecule has 0 spiro atoms. The Balaban J connectivity index is 2.07. The van der Waals surface area contributed by atoms with Gasteiger partial charge in [0.05, 0.1) is 12.0 Å². The van der Waals surface area contributed by atoms with Gasteiger partial charge in [-0.05, 0) is 41.8 Å². The second kappa shape index (κ2) is 7.13. The highest BCUT2D eigenvalue weighted by molar-refractivity contribution is 7.90. The van der Waals surface area contributed by atoms with Crippen molar-refractivity contribution >= 4 is 10.0 Å². The highest BCUT2D eigenvalue weighted by Gasteiger charge is 2.20. The number of ether oxygens (including phenoxy) is 1. The highest BCUT2D eigenvalue weighted by atomic mass is 32.2. The Morgan fingerprint density at radius 2 is 1.68 bits per heavy atom. The second-order valence-electron chi connectivity index (χ2n) is 5.55. The van der Waals surface area contributed by atoms with E-state index in [0.717, 1.165) is 16.7 Å². The van der Waals surface area contributed by atoms with Crippen molar-refractivity contribution in [2.75, 3.05) is 13.7 Å². The van der Waals surface area contributed by atoms with Gasteiger partial charge in [-0.1, -0.05) is 30.3 Å². The summed E-state index contributed by atoms with van der Waals surface area (Å²) in [4.78, 5) is 0.179. The van der Waals surface area contributed by atoms with Crippen LogP contribution in [0, 0.1) is 0 Å². The summed E-state index contributed by atoms with van der Waals surface area (Å²) in [6.07, 6.45) is 3.55. The third-order valence-electron chi connectivity index (χ3n) is 3.99. The molecular weight excluding hydrogens is 338 g/mol. The van der Waals surface area contributed by atoms with Crippen LogP contribution in [0.3, 0.4) is 0 Å². The van der Waals surface area contributed by atoms with Crippen molar-refractivity contribution in [3.8, 4) is 16.9 Å². The van der Waals surface area contributed by atoms with Crippen molar-refractivity contribution in [1.29, 1.82) is 0 Å². The third kappa shape index (κ3) is 3.45. The molecule has 0 bridgehead atoms. The predicted molar refractivity (Wildman–Crippen MR) is 96.2 cm³/mol. The van der Waals surface area contributed by atoms with E-state index in [1.165, 1.54) is 23.2 Å². The zero-order valence-corrected chi connectivity index (χ0v) is 14.6. The molecule has 2 aromatic carbocycles. The zero-order chi connectivity index (χ0) is 17.9. The Hall–Kier alpha value is -2.57. The van der Waals surface area contributed by atoms with Crippen LogP contribution in [0.5, 0.6) is 5.75 Å². The fourth-order valence-electron chi connectivity index (χ4n) is 2.68. The van der Waals surface area contributed by atoms with E-state index in [2.05, 4.69) is 0 Å². The van der Waals surface area contributed by atoms with Gasteiger partial charge in [0.25, 0.3) is 10.0 Å². The summed E-state index contributed by atoms with van der Waals surface area (Å²) in [6, 6.07) is 15.8. The third-order valence-corrected chi connectivity index (χ3v) is 5.62. The van der Waals surface area contributed by atoms with Crippen LogP contribution in [0.1, 0.15) is 5.56 Å². The Morgan fingerprint density at radius 3 is 2.28 bits per heavy atom. The number of hydrogen-bond acceptors (Lipinski definition) is 4. The number of aliphatic hydroxyl groups is 1. The maximum Gasteiger partial charge on any atom is 0.267 e. The van der Waals surface area contributed by atoms with Crippen molar-refractivity contribution in [2.24, 2.45) is 0 Å². The topological polar surface area (TPSA) is 68.5 Å². The van der Waals surface area contributed by atoms with Gasteiger partial charge in [0.2, 0.25) is 0 Å². The molecule has 0 saturated heterocycles. The van der Waals surface area contributed by atoms with Crippen molar-refractivity contribution < 1.29 is 18.3 Å². The predicted octanol–water partition coefficient (Wildman–Crippen LogP) is 2.94. The number of nitrogens with zero attached hydrogens (tertiary/aromatic N) is 1. The minimum atomic E-state index is -3.71. The fraction of sp³-hybridized carbons (Fsp3) is 0.158.